The molecule has 2 N–H and O–H groups in total. The third-order valence-electron chi connectivity index (χ3n) is 3.67. The Labute approximate surface area is 164 Å². The Morgan fingerprint density at radius 1 is 1.00 bits per heavy atom. The number of carbonyl (C=O) groups is 2. The van der Waals surface area contributed by atoms with Gasteiger partial charge in [0.15, 0.2) is 11.5 Å². The van der Waals surface area contributed by atoms with Gasteiger partial charge in [-0.1, -0.05) is 26.0 Å². The Morgan fingerprint density at radius 3 is 2.36 bits per heavy atom. The lowest BCUT2D eigenvalue weighted by molar-refractivity contribution is -0.121. The molecule has 7 heteroatoms. The van der Waals surface area contributed by atoms with Crippen molar-refractivity contribution in [2.24, 2.45) is 5.92 Å². The lowest BCUT2D eigenvalue weighted by Crippen LogP contribution is -2.42. The van der Waals surface area contributed by atoms with Crippen molar-refractivity contribution in [2.45, 2.75) is 27.2 Å². The third-order valence-corrected chi connectivity index (χ3v) is 3.67. The highest BCUT2D eigenvalue weighted by atomic mass is 19.1. The van der Waals surface area contributed by atoms with Crippen molar-refractivity contribution in [3.05, 3.63) is 59.4 Å². The molecule has 2 aromatic rings. The first-order valence-corrected chi connectivity index (χ1v) is 9.12. The summed E-state index contributed by atoms with van der Waals surface area (Å²) in [5, 5.41) is 0. The van der Waals surface area contributed by atoms with Gasteiger partial charge in [0.25, 0.3) is 5.91 Å². The monoisotopic (exact) mass is 388 g/mol. The van der Waals surface area contributed by atoms with Crippen LogP contribution in [-0.2, 0) is 11.2 Å². The molecule has 150 valence electrons. The number of hydrazine groups is 1. The highest BCUT2D eigenvalue weighted by Gasteiger charge is 2.13. The highest BCUT2D eigenvalue weighted by Crippen LogP contribution is 2.29. The summed E-state index contributed by atoms with van der Waals surface area (Å²) >= 11 is 0. The van der Waals surface area contributed by atoms with Crippen LogP contribution in [0, 0.1) is 11.7 Å². The van der Waals surface area contributed by atoms with E-state index in [-0.39, 0.29) is 12.2 Å². The van der Waals surface area contributed by atoms with Gasteiger partial charge < -0.3 is 9.47 Å². The SMILES string of the molecule is CCOc1cc(C(=O)NNC(=O)Cc2ccc(F)cc2)ccc1OCC(C)C. The van der Waals surface area contributed by atoms with Gasteiger partial charge in [-0.3, -0.25) is 20.4 Å². The molecule has 0 radical (unpaired) electrons. The first-order chi connectivity index (χ1) is 13.4. The summed E-state index contributed by atoms with van der Waals surface area (Å²) in [5.74, 6) is 0.115. The van der Waals surface area contributed by atoms with Gasteiger partial charge in [0.2, 0.25) is 5.91 Å². The van der Waals surface area contributed by atoms with Crippen LogP contribution >= 0.6 is 0 Å². The van der Waals surface area contributed by atoms with Crippen LogP contribution in [0.2, 0.25) is 0 Å². The second-order valence-corrected chi connectivity index (χ2v) is 6.60. The average Bonchev–Trinajstić information content (AvgIpc) is 2.67. The average molecular weight is 388 g/mol. The summed E-state index contributed by atoms with van der Waals surface area (Å²) in [5.41, 5.74) is 5.67. The first kappa shape index (κ1) is 21.2. The number of amides is 2. The maximum Gasteiger partial charge on any atom is 0.269 e. The second-order valence-electron chi connectivity index (χ2n) is 6.60. The number of hydrogen-bond acceptors (Lipinski definition) is 4. The van der Waals surface area contributed by atoms with Crippen LogP contribution in [0.15, 0.2) is 42.5 Å². The van der Waals surface area contributed by atoms with E-state index in [1.165, 1.54) is 24.3 Å². The molecule has 28 heavy (non-hydrogen) atoms. The molecule has 0 saturated carbocycles. The minimum absolute atomic E-state index is 0.0206. The van der Waals surface area contributed by atoms with Gasteiger partial charge in [-0.2, -0.15) is 0 Å². The Morgan fingerprint density at radius 2 is 1.71 bits per heavy atom. The van der Waals surface area contributed by atoms with Crippen molar-refractivity contribution in [1.82, 2.24) is 10.9 Å². The van der Waals surface area contributed by atoms with Crippen molar-refractivity contribution in [3.63, 3.8) is 0 Å². The molecule has 6 nitrogen and oxygen atoms in total. The van der Waals surface area contributed by atoms with Gasteiger partial charge in [-0.15, -0.1) is 0 Å². The number of benzene rings is 2. The van der Waals surface area contributed by atoms with Crippen LogP contribution in [0.5, 0.6) is 11.5 Å². The van der Waals surface area contributed by atoms with E-state index in [1.54, 1.807) is 18.2 Å². The molecule has 2 amide bonds. The predicted molar refractivity (Wildman–Crippen MR) is 104 cm³/mol. The normalized spacial score (nSPS) is 10.5. The van der Waals surface area contributed by atoms with Crippen molar-refractivity contribution < 1.29 is 23.5 Å². The van der Waals surface area contributed by atoms with E-state index in [1.807, 2.05) is 20.8 Å². The van der Waals surface area contributed by atoms with E-state index in [9.17, 15) is 14.0 Å². The Bertz CT molecular complexity index is 807. The molecule has 0 bridgehead atoms. The molecule has 0 heterocycles. The number of hydrogen-bond donors (Lipinski definition) is 2. The summed E-state index contributed by atoms with van der Waals surface area (Å²) in [4.78, 5) is 24.2. The second kappa shape index (κ2) is 10.3. The zero-order valence-electron chi connectivity index (χ0n) is 16.3. The van der Waals surface area contributed by atoms with E-state index < -0.39 is 11.8 Å². The molecule has 0 unspecified atom stereocenters. The topological polar surface area (TPSA) is 76.7 Å². The summed E-state index contributed by atoms with van der Waals surface area (Å²) in [6.07, 6.45) is 0.0206. The first-order valence-electron chi connectivity index (χ1n) is 9.12. The molecular formula is C21H25FN2O4. The van der Waals surface area contributed by atoms with Crippen LogP contribution < -0.4 is 20.3 Å². The Kier molecular flexibility index (Phi) is 7.80. The quantitative estimate of drug-likeness (QED) is 0.681. The molecule has 2 aromatic carbocycles. The minimum atomic E-state index is -0.483. The summed E-state index contributed by atoms with van der Waals surface area (Å²) in [6.45, 7) is 6.88. The van der Waals surface area contributed by atoms with Crippen LogP contribution in [0.25, 0.3) is 0 Å². The van der Waals surface area contributed by atoms with Crippen LogP contribution in [-0.4, -0.2) is 25.0 Å². The molecule has 0 fully saturated rings. The van der Waals surface area contributed by atoms with Gasteiger partial charge in [0.1, 0.15) is 5.82 Å². The fraction of sp³-hybridized carbons (Fsp3) is 0.333. The van der Waals surface area contributed by atoms with Crippen LogP contribution in [0.1, 0.15) is 36.7 Å². The number of nitrogens with one attached hydrogen (secondary N) is 2. The third kappa shape index (κ3) is 6.57. The molecule has 0 saturated heterocycles. The van der Waals surface area contributed by atoms with Crippen molar-refractivity contribution in [2.75, 3.05) is 13.2 Å². The number of rotatable bonds is 8. The van der Waals surface area contributed by atoms with E-state index in [2.05, 4.69) is 10.9 Å². The largest absolute Gasteiger partial charge is 0.490 e. The fourth-order valence-electron chi connectivity index (χ4n) is 2.32. The summed E-state index contributed by atoms with van der Waals surface area (Å²) in [6, 6.07) is 10.4. The molecular weight excluding hydrogens is 363 g/mol. The molecule has 0 aliphatic heterocycles. The van der Waals surface area contributed by atoms with Crippen LogP contribution in [0.4, 0.5) is 4.39 Å². The Balaban J connectivity index is 1.95. The standard InChI is InChI=1S/C21H25FN2O4/c1-4-27-19-12-16(7-10-18(19)28-13-14(2)3)21(26)24-23-20(25)11-15-5-8-17(22)9-6-15/h5-10,12,14H,4,11,13H2,1-3H3,(H,23,25)(H,24,26). The van der Waals surface area contributed by atoms with Crippen molar-refractivity contribution in [1.29, 1.82) is 0 Å². The molecule has 0 atom stereocenters. The molecule has 0 aromatic heterocycles. The zero-order valence-corrected chi connectivity index (χ0v) is 16.3. The zero-order chi connectivity index (χ0) is 20.5. The van der Waals surface area contributed by atoms with E-state index in [0.29, 0.717) is 41.8 Å². The van der Waals surface area contributed by atoms with E-state index in [4.69, 9.17) is 9.47 Å². The Hall–Kier alpha value is -3.09. The molecule has 0 spiro atoms. The predicted octanol–water partition coefficient (Wildman–Crippen LogP) is 3.26. The smallest absolute Gasteiger partial charge is 0.269 e. The number of halogens is 1. The maximum absolute atomic E-state index is 12.9. The van der Waals surface area contributed by atoms with Crippen molar-refractivity contribution >= 4 is 11.8 Å². The lowest BCUT2D eigenvalue weighted by Gasteiger charge is -2.15. The molecule has 2 rings (SSSR count). The summed E-state index contributed by atoms with van der Waals surface area (Å²) in [7, 11) is 0. The van der Waals surface area contributed by atoms with Gasteiger partial charge in [0, 0.05) is 5.56 Å². The summed E-state index contributed by atoms with van der Waals surface area (Å²) < 4.78 is 24.1. The molecule has 0 aliphatic rings. The van der Waals surface area contributed by atoms with Gasteiger partial charge in [-0.05, 0) is 48.7 Å². The minimum Gasteiger partial charge on any atom is -0.490 e. The number of ether oxygens (including phenoxy) is 2. The van der Waals surface area contributed by atoms with Crippen LogP contribution in [0.3, 0.4) is 0 Å². The highest BCUT2D eigenvalue weighted by molar-refractivity contribution is 5.96. The van der Waals surface area contributed by atoms with Crippen molar-refractivity contribution in [3.8, 4) is 11.5 Å². The van der Waals surface area contributed by atoms with Gasteiger partial charge >= 0.3 is 0 Å². The lowest BCUT2D eigenvalue weighted by atomic mass is 10.1. The van der Waals surface area contributed by atoms with Gasteiger partial charge in [0.05, 0.1) is 19.6 Å². The van der Waals surface area contributed by atoms with E-state index in [0.717, 1.165) is 0 Å². The number of carbonyl (C=O) groups excluding carboxylic acids is 2. The van der Waals surface area contributed by atoms with E-state index >= 15 is 0 Å². The molecule has 0 aliphatic carbocycles. The maximum atomic E-state index is 12.9. The van der Waals surface area contributed by atoms with Gasteiger partial charge in [-0.25, -0.2) is 4.39 Å². The fourth-order valence-corrected chi connectivity index (χ4v) is 2.32.